The first kappa shape index (κ1) is 24.9. The highest BCUT2D eigenvalue weighted by atomic mass is 16.5. The van der Waals surface area contributed by atoms with Crippen molar-refractivity contribution in [3.63, 3.8) is 0 Å². The Balaban J connectivity index is 1.38. The fraction of sp³-hybridized carbons (Fsp3) is 0.172. The first-order valence-electron chi connectivity index (χ1n) is 12.4. The summed E-state index contributed by atoms with van der Waals surface area (Å²) in [4.78, 5) is 24.4. The van der Waals surface area contributed by atoms with Crippen molar-refractivity contribution in [3.8, 4) is 11.3 Å². The van der Waals surface area contributed by atoms with E-state index in [4.69, 9.17) is 15.1 Å². The van der Waals surface area contributed by atoms with Crippen LogP contribution in [-0.2, 0) is 4.74 Å². The molecule has 1 aliphatic rings. The van der Waals surface area contributed by atoms with Crippen molar-refractivity contribution in [2.45, 2.75) is 6.92 Å². The zero-order chi connectivity index (χ0) is 26.3. The Hall–Kier alpha value is -4.76. The number of anilines is 3. The molecule has 0 spiro atoms. The van der Waals surface area contributed by atoms with Crippen LogP contribution in [0, 0.1) is 5.41 Å². The summed E-state index contributed by atoms with van der Waals surface area (Å²) in [5.74, 6) is 0.268. The van der Waals surface area contributed by atoms with E-state index in [-0.39, 0.29) is 11.7 Å². The van der Waals surface area contributed by atoms with Crippen molar-refractivity contribution >= 4 is 34.6 Å². The van der Waals surface area contributed by atoms with Crippen LogP contribution < -0.4 is 15.5 Å². The molecule has 0 saturated carbocycles. The number of carbonyl (C=O) groups is 1. The monoisotopic (exact) mass is 507 g/mol. The number of ether oxygens (including phenoxy) is 1. The molecule has 9 nitrogen and oxygen atoms in total. The number of hydrogen-bond donors (Lipinski definition) is 3. The second-order valence-corrected chi connectivity index (χ2v) is 8.74. The lowest BCUT2D eigenvalue weighted by Crippen LogP contribution is -2.36. The Morgan fingerprint density at radius 1 is 1.11 bits per heavy atom. The molecule has 0 aliphatic carbocycles. The second-order valence-electron chi connectivity index (χ2n) is 8.74. The molecule has 0 radical (unpaired) electrons. The van der Waals surface area contributed by atoms with Crippen molar-refractivity contribution in [3.05, 3.63) is 97.0 Å². The summed E-state index contributed by atoms with van der Waals surface area (Å²) in [7, 11) is 0. The molecule has 0 bridgehead atoms. The quantitative estimate of drug-likeness (QED) is 0.188. The van der Waals surface area contributed by atoms with Crippen LogP contribution in [0.15, 0.2) is 91.4 Å². The minimum Gasteiger partial charge on any atom is -0.378 e. The minimum absolute atomic E-state index is 0.0163. The Bertz CT molecular complexity index is 1500. The number of aromatic nitrogens is 3. The van der Waals surface area contributed by atoms with E-state index in [1.165, 1.54) is 6.08 Å². The molecule has 0 unspecified atom stereocenters. The fourth-order valence-corrected chi connectivity index (χ4v) is 4.19. The smallest absolute Gasteiger partial charge is 0.256 e. The third-order valence-corrected chi connectivity index (χ3v) is 6.12. The van der Waals surface area contributed by atoms with Gasteiger partial charge >= 0.3 is 0 Å². The maximum atomic E-state index is 12.7. The third-order valence-electron chi connectivity index (χ3n) is 6.12. The Kier molecular flexibility index (Phi) is 7.56. The van der Waals surface area contributed by atoms with Gasteiger partial charge in [-0.25, -0.2) is 9.97 Å². The van der Waals surface area contributed by atoms with Gasteiger partial charge in [0, 0.05) is 54.2 Å². The van der Waals surface area contributed by atoms with E-state index in [0.717, 1.165) is 43.2 Å². The number of fused-ring (bicyclic) bond motifs is 1. The average molecular weight is 508 g/mol. The fourth-order valence-electron chi connectivity index (χ4n) is 4.19. The summed E-state index contributed by atoms with van der Waals surface area (Å²) in [6.45, 7) is 5.14. The van der Waals surface area contributed by atoms with E-state index in [2.05, 4.69) is 32.7 Å². The first-order chi connectivity index (χ1) is 18.6. The molecule has 2 aromatic carbocycles. The van der Waals surface area contributed by atoms with Crippen LogP contribution in [0.5, 0.6) is 0 Å². The Labute approximate surface area is 221 Å². The number of rotatable bonds is 7. The summed E-state index contributed by atoms with van der Waals surface area (Å²) >= 11 is 0. The van der Waals surface area contributed by atoms with Crippen LogP contribution >= 0.6 is 0 Å². The molecule has 1 saturated heterocycles. The maximum absolute atomic E-state index is 12.7. The molecule has 1 aliphatic heterocycles. The standard InChI is InChI=1S/C29H29N7O2/c1-2-3-4-8-26(30)34-29(37)22-7-5-6-21(19-22)25-20-36-14-13-31-28(36)27(33-25)32-23-9-11-24(12-10-23)35-15-17-38-18-16-35/h2-14,19-20H,15-18H2,1H3,(H,32,33)(H2,30,34,37)/b3-2-,8-4-. The summed E-state index contributed by atoms with van der Waals surface area (Å²) < 4.78 is 7.36. The first-order valence-corrected chi connectivity index (χ1v) is 12.4. The number of benzene rings is 2. The van der Waals surface area contributed by atoms with Crippen LogP contribution in [0.2, 0.25) is 0 Å². The van der Waals surface area contributed by atoms with Gasteiger partial charge in [-0.1, -0.05) is 30.4 Å². The normalized spacial score (nSPS) is 13.9. The molecule has 1 amide bonds. The van der Waals surface area contributed by atoms with Crippen molar-refractivity contribution in [2.75, 3.05) is 36.5 Å². The molecule has 2 aromatic heterocycles. The lowest BCUT2D eigenvalue weighted by atomic mass is 10.1. The average Bonchev–Trinajstić information content (AvgIpc) is 3.43. The van der Waals surface area contributed by atoms with Gasteiger partial charge in [-0.05, 0) is 49.4 Å². The van der Waals surface area contributed by atoms with Crippen LogP contribution in [-0.4, -0.2) is 52.4 Å². The zero-order valence-corrected chi connectivity index (χ0v) is 21.1. The van der Waals surface area contributed by atoms with Gasteiger partial charge in [0.25, 0.3) is 5.91 Å². The predicted octanol–water partition coefficient (Wildman–Crippen LogP) is 4.82. The van der Waals surface area contributed by atoms with Gasteiger partial charge < -0.3 is 24.7 Å². The van der Waals surface area contributed by atoms with Gasteiger partial charge in [0.05, 0.1) is 18.9 Å². The van der Waals surface area contributed by atoms with E-state index in [9.17, 15) is 4.79 Å². The minimum atomic E-state index is -0.357. The highest BCUT2D eigenvalue weighted by Gasteiger charge is 2.14. The highest BCUT2D eigenvalue weighted by molar-refractivity contribution is 6.09. The molecule has 3 heterocycles. The van der Waals surface area contributed by atoms with Gasteiger partial charge in [0.1, 0.15) is 5.84 Å². The number of amides is 1. The van der Waals surface area contributed by atoms with Gasteiger partial charge in [0.15, 0.2) is 11.5 Å². The lowest BCUT2D eigenvalue weighted by molar-refractivity contribution is 0.0977. The topological polar surface area (TPSA) is 108 Å². The van der Waals surface area contributed by atoms with E-state index >= 15 is 0 Å². The molecule has 3 N–H and O–H groups in total. The SMILES string of the molecule is C/C=C\C=C/C(=N)NC(=O)c1cccc(-c2cn3ccnc3c(Nc3ccc(N4CCOCC4)cc3)n2)c1. The number of carbonyl (C=O) groups excluding carboxylic acids is 1. The van der Waals surface area contributed by atoms with Crippen LogP contribution in [0.3, 0.4) is 0 Å². The number of nitrogens with one attached hydrogen (secondary N) is 3. The van der Waals surface area contributed by atoms with Crippen LogP contribution in [0.25, 0.3) is 16.9 Å². The van der Waals surface area contributed by atoms with E-state index in [1.54, 1.807) is 36.5 Å². The molecular formula is C29H29N7O2. The number of nitrogens with zero attached hydrogens (tertiary/aromatic N) is 4. The van der Waals surface area contributed by atoms with Crippen LogP contribution in [0.1, 0.15) is 17.3 Å². The number of imidazole rings is 1. The van der Waals surface area contributed by atoms with Gasteiger partial charge in [0.2, 0.25) is 0 Å². The summed E-state index contributed by atoms with van der Waals surface area (Å²) in [6, 6.07) is 15.4. The number of allylic oxidation sites excluding steroid dienone is 3. The molecule has 4 aromatic rings. The highest BCUT2D eigenvalue weighted by Crippen LogP contribution is 2.26. The second kappa shape index (κ2) is 11.5. The van der Waals surface area contributed by atoms with Gasteiger partial charge in [-0.2, -0.15) is 0 Å². The molecule has 38 heavy (non-hydrogen) atoms. The number of amidine groups is 1. The Morgan fingerprint density at radius 2 is 1.92 bits per heavy atom. The van der Waals surface area contributed by atoms with E-state index < -0.39 is 0 Å². The van der Waals surface area contributed by atoms with Crippen molar-refractivity contribution < 1.29 is 9.53 Å². The Morgan fingerprint density at radius 3 is 2.71 bits per heavy atom. The van der Waals surface area contributed by atoms with Crippen molar-refractivity contribution in [2.24, 2.45) is 0 Å². The third kappa shape index (κ3) is 5.79. The number of hydrogen-bond acceptors (Lipinski definition) is 7. The van der Waals surface area contributed by atoms with E-state index in [0.29, 0.717) is 22.7 Å². The van der Waals surface area contributed by atoms with Crippen LogP contribution in [0.4, 0.5) is 17.2 Å². The molecule has 1 fully saturated rings. The largest absolute Gasteiger partial charge is 0.378 e. The molecule has 9 heteroatoms. The summed E-state index contributed by atoms with van der Waals surface area (Å²) in [5.41, 5.74) is 4.64. The molecular weight excluding hydrogens is 478 g/mol. The van der Waals surface area contributed by atoms with E-state index in [1.807, 2.05) is 48.0 Å². The summed E-state index contributed by atoms with van der Waals surface area (Å²) in [5, 5.41) is 14.0. The zero-order valence-electron chi connectivity index (χ0n) is 21.1. The lowest BCUT2D eigenvalue weighted by Gasteiger charge is -2.28. The van der Waals surface area contributed by atoms with Gasteiger partial charge in [-0.15, -0.1) is 0 Å². The molecule has 5 rings (SSSR count). The molecule has 192 valence electrons. The maximum Gasteiger partial charge on any atom is 0.256 e. The number of morpholine rings is 1. The van der Waals surface area contributed by atoms with Crippen molar-refractivity contribution in [1.82, 2.24) is 19.7 Å². The predicted molar refractivity (Wildman–Crippen MR) is 150 cm³/mol. The van der Waals surface area contributed by atoms with Gasteiger partial charge in [-0.3, -0.25) is 10.2 Å². The summed E-state index contributed by atoms with van der Waals surface area (Å²) in [6.07, 6.45) is 12.3. The van der Waals surface area contributed by atoms with Crippen molar-refractivity contribution in [1.29, 1.82) is 5.41 Å². The molecule has 0 atom stereocenters.